The summed E-state index contributed by atoms with van der Waals surface area (Å²) in [6, 6.07) is 13.3. The van der Waals surface area contributed by atoms with Gasteiger partial charge in [-0.15, -0.1) is 5.10 Å². The molecule has 0 saturated carbocycles. The normalized spacial score (nSPS) is 12.7. The summed E-state index contributed by atoms with van der Waals surface area (Å²) in [5.41, 5.74) is 3.72. The van der Waals surface area contributed by atoms with Gasteiger partial charge >= 0.3 is 0 Å². The molecule has 2 aromatic carbocycles. The molecule has 8 heteroatoms. The van der Waals surface area contributed by atoms with Crippen LogP contribution < -0.4 is 19.7 Å². The maximum atomic E-state index is 9.05. The molecule has 0 aliphatic carbocycles. The summed E-state index contributed by atoms with van der Waals surface area (Å²) in [6.07, 6.45) is 2.52. The van der Waals surface area contributed by atoms with Crippen LogP contribution in [-0.4, -0.2) is 35.9 Å². The van der Waals surface area contributed by atoms with Gasteiger partial charge in [0.2, 0.25) is 5.95 Å². The third-order valence-corrected chi connectivity index (χ3v) is 4.84. The summed E-state index contributed by atoms with van der Waals surface area (Å²) in [4.78, 5) is 6.75. The van der Waals surface area contributed by atoms with Gasteiger partial charge in [-0.25, -0.2) is 0 Å². The van der Waals surface area contributed by atoms with Crippen LogP contribution in [0.5, 0.6) is 11.5 Å². The number of methoxy groups -OCH3 is 2. The number of nitrogens with zero attached hydrogens (tertiary/aromatic N) is 5. The molecular formula is C21H20N6O2. The van der Waals surface area contributed by atoms with Crippen molar-refractivity contribution in [1.82, 2.24) is 15.2 Å². The largest absolute Gasteiger partial charge is 0.493 e. The van der Waals surface area contributed by atoms with E-state index in [-0.39, 0.29) is 0 Å². The minimum absolute atomic E-state index is 0.385. The lowest BCUT2D eigenvalue weighted by Crippen LogP contribution is -2.31. The SMILES string of the molecule is COc1cc2c(cc1OC)CN(c1cnnc(Nc3cccc(C#N)c3)n1)CC2. The smallest absolute Gasteiger partial charge is 0.249 e. The van der Waals surface area contributed by atoms with Crippen molar-refractivity contribution >= 4 is 17.5 Å². The second-order valence-electron chi connectivity index (χ2n) is 6.60. The molecule has 0 radical (unpaired) electrons. The van der Waals surface area contributed by atoms with Crippen molar-refractivity contribution in [1.29, 1.82) is 5.26 Å². The molecule has 1 aliphatic heterocycles. The van der Waals surface area contributed by atoms with Crippen LogP contribution in [0, 0.1) is 11.3 Å². The highest BCUT2D eigenvalue weighted by Gasteiger charge is 2.21. The molecule has 3 aromatic rings. The van der Waals surface area contributed by atoms with Crippen molar-refractivity contribution in [2.45, 2.75) is 13.0 Å². The molecule has 0 saturated heterocycles. The zero-order chi connectivity index (χ0) is 20.2. The molecule has 0 amide bonds. The lowest BCUT2D eigenvalue weighted by atomic mass is 9.99. The fraction of sp³-hybridized carbons (Fsp3) is 0.238. The van der Waals surface area contributed by atoms with Gasteiger partial charge in [0.25, 0.3) is 0 Å². The molecule has 2 heterocycles. The second kappa shape index (κ2) is 8.02. The van der Waals surface area contributed by atoms with Gasteiger partial charge in [0.1, 0.15) is 0 Å². The summed E-state index contributed by atoms with van der Waals surface area (Å²) in [6.45, 7) is 1.50. The second-order valence-corrected chi connectivity index (χ2v) is 6.60. The van der Waals surface area contributed by atoms with Crippen molar-refractivity contribution in [2.75, 3.05) is 31.0 Å². The summed E-state index contributed by atoms with van der Waals surface area (Å²) >= 11 is 0. The van der Waals surface area contributed by atoms with E-state index in [0.717, 1.165) is 30.2 Å². The van der Waals surface area contributed by atoms with E-state index in [2.05, 4.69) is 31.5 Å². The van der Waals surface area contributed by atoms with Crippen molar-refractivity contribution < 1.29 is 9.47 Å². The molecule has 8 nitrogen and oxygen atoms in total. The number of anilines is 3. The van der Waals surface area contributed by atoms with Gasteiger partial charge < -0.3 is 19.7 Å². The Morgan fingerprint density at radius 2 is 1.90 bits per heavy atom. The fourth-order valence-corrected chi connectivity index (χ4v) is 3.37. The van der Waals surface area contributed by atoms with Crippen LogP contribution in [0.15, 0.2) is 42.6 Å². The molecule has 29 heavy (non-hydrogen) atoms. The number of fused-ring (bicyclic) bond motifs is 1. The van der Waals surface area contributed by atoms with Gasteiger partial charge in [-0.1, -0.05) is 6.07 Å². The number of ether oxygens (including phenoxy) is 2. The molecule has 4 rings (SSSR count). The Balaban J connectivity index is 1.55. The van der Waals surface area contributed by atoms with E-state index in [1.807, 2.05) is 18.2 Å². The highest BCUT2D eigenvalue weighted by molar-refractivity contribution is 5.57. The number of hydrogen-bond donors (Lipinski definition) is 1. The molecule has 146 valence electrons. The predicted octanol–water partition coefficient (Wildman–Crippen LogP) is 3.07. The van der Waals surface area contributed by atoms with Crippen LogP contribution in [0.4, 0.5) is 17.5 Å². The van der Waals surface area contributed by atoms with E-state index in [4.69, 9.17) is 14.7 Å². The average Bonchev–Trinajstić information content (AvgIpc) is 2.78. The summed E-state index contributed by atoms with van der Waals surface area (Å²) < 4.78 is 10.8. The van der Waals surface area contributed by atoms with Crippen molar-refractivity contribution in [3.05, 3.63) is 59.3 Å². The van der Waals surface area contributed by atoms with Crippen molar-refractivity contribution in [2.24, 2.45) is 0 Å². The summed E-state index contributed by atoms with van der Waals surface area (Å²) in [7, 11) is 3.28. The maximum Gasteiger partial charge on any atom is 0.249 e. The van der Waals surface area contributed by atoms with Gasteiger partial charge in [0.05, 0.1) is 32.0 Å². The Bertz CT molecular complexity index is 1080. The van der Waals surface area contributed by atoms with Crippen LogP contribution in [0.25, 0.3) is 0 Å². The zero-order valence-electron chi connectivity index (χ0n) is 16.2. The Kier molecular flexibility index (Phi) is 5.12. The van der Waals surface area contributed by atoms with E-state index >= 15 is 0 Å². The molecule has 1 aliphatic rings. The van der Waals surface area contributed by atoms with Crippen LogP contribution in [0.2, 0.25) is 0 Å². The van der Waals surface area contributed by atoms with Gasteiger partial charge in [-0.2, -0.15) is 15.3 Å². The standard InChI is InChI=1S/C21H20N6O2/c1-28-18-9-15-6-7-27(13-16(15)10-19(18)29-2)20-12-23-26-21(25-20)24-17-5-3-4-14(8-17)11-22/h3-5,8-10,12H,6-7,13H2,1-2H3,(H,24,25,26). The van der Waals surface area contributed by atoms with Crippen molar-refractivity contribution in [3.63, 3.8) is 0 Å². The number of nitriles is 1. The van der Waals surface area contributed by atoms with Crippen LogP contribution in [0.1, 0.15) is 16.7 Å². The molecular weight excluding hydrogens is 368 g/mol. The van der Waals surface area contributed by atoms with E-state index in [1.165, 1.54) is 11.1 Å². The lowest BCUT2D eigenvalue weighted by Gasteiger charge is -2.30. The molecule has 0 spiro atoms. The first kappa shape index (κ1) is 18.5. The number of hydrogen-bond acceptors (Lipinski definition) is 8. The van der Waals surface area contributed by atoms with Gasteiger partial charge in [0.15, 0.2) is 17.3 Å². The number of aromatic nitrogens is 3. The quantitative estimate of drug-likeness (QED) is 0.712. The van der Waals surface area contributed by atoms with Gasteiger partial charge in [-0.05, 0) is 47.9 Å². The van der Waals surface area contributed by atoms with E-state index < -0.39 is 0 Å². The minimum atomic E-state index is 0.385. The molecule has 1 N–H and O–H groups in total. The van der Waals surface area contributed by atoms with Crippen LogP contribution >= 0.6 is 0 Å². The Hall–Kier alpha value is -3.86. The number of rotatable bonds is 5. The van der Waals surface area contributed by atoms with E-state index in [1.54, 1.807) is 38.6 Å². The average molecular weight is 388 g/mol. The Labute approximate surface area is 168 Å². The van der Waals surface area contributed by atoms with Crippen LogP contribution in [0.3, 0.4) is 0 Å². The van der Waals surface area contributed by atoms with E-state index in [0.29, 0.717) is 23.8 Å². The fourth-order valence-electron chi connectivity index (χ4n) is 3.37. The Morgan fingerprint density at radius 3 is 2.66 bits per heavy atom. The highest BCUT2D eigenvalue weighted by Crippen LogP contribution is 2.34. The van der Waals surface area contributed by atoms with E-state index in [9.17, 15) is 0 Å². The first-order valence-corrected chi connectivity index (χ1v) is 9.16. The third-order valence-electron chi connectivity index (χ3n) is 4.84. The molecule has 1 aromatic heterocycles. The summed E-state index contributed by atoms with van der Waals surface area (Å²) in [5.74, 6) is 2.58. The van der Waals surface area contributed by atoms with Crippen LogP contribution in [-0.2, 0) is 13.0 Å². The molecule has 0 bridgehead atoms. The zero-order valence-corrected chi connectivity index (χ0v) is 16.2. The number of nitrogens with one attached hydrogen (secondary N) is 1. The molecule has 0 unspecified atom stereocenters. The lowest BCUT2D eigenvalue weighted by molar-refractivity contribution is 0.353. The molecule has 0 fully saturated rings. The first-order valence-electron chi connectivity index (χ1n) is 9.16. The van der Waals surface area contributed by atoms with Gasteiger partial charge in [-0.3, -0.25) is 0 Å². The van der Waals surface area contributed by atoms with Crippen molar-refractivity contribution in [3.8, 4) is 17.6 Å². The summed E-state index contributed by atoms with van der Waals surface area (Å²) in [5, 5.41) is 20.3. The predicted molar refractivity (Wildman–Crippen MR) is 109 cm³/mol. The third kappa shape index (κ3) is 3.89. The Morgan fingerprint density at radius 1 is 1.10 bits per heavy atom. The highest BCUT2D eigenvalue weighted by atomic mass is 16.5. The first-order chi connectivity index (χ1) is 14.2. The maximum absolute atomic E-state index is 9.05. The van der Waals surface area contributed by atoms with Gasteiger partial charge in [0, 0.05) is 18.8 Å². The minimum Gasteiger partial charge on any atom is -0.493 e. The molecule has 0 atom stereocenters. The number of benzene rings is 2. The topological polar surface area (TPSA) is 96.2 Å². The monoisotopic (exact) mass is 388 g/mol.